The number of hydrogen-bond donors (Lipinski definition) is 0. The third-order valence-corrected chi connectivity index (χ3v) is 5.47. The lowest BCUT2D eigenvalue weighted by atomic mass is 10.2. The number of nitrogens with zero attached hydrogens (tertiary/aromatic N) is 2. The van der Waals surface area contributed by atoms with Gasteiger partial charge in [0.1, 0.15) is 0 Å². The summed E-state index contributed by atoms with van der Waals surface area (Å²) < 4.78 is 35.9. The Bertz CT molecular complexity index is 900. The molecule has 0 fully saturated rings. The molecule has 0 unspecified atom stereocenters. The van der Waals surface area contributed by atoms with Gasteiger partial charge in [-0.1, -0.05) is 36.4 Å². The summed E-state index contributed by atoms with van der Waals surface area (Å²) in [5.41, 5.74) is 1.67. The molecule has 2 aromatic rings. The Hall–Kier alpha value is -2.58. The van der Waals surface area contributed by atoms with Gasteiger partial charge in [0.15, 0.2) is 11.5 Å². The van der Waals surface area contributed by atoms with Gasteiger partial charge in [0.25, 0.3) is 0 Å². The Morgan fingerprint density at radius 3 is 2.14 bits per heavy atom. The highest BCUT2D eigenvalue weighted by Gasteiger charge is 2.22. The lowest BCUT2D eigenvalue weighted by Gasteiger charge is -2.24. The van der Waals surface area contributed by atoms with E-state index in [1.165, 1.54) is 9.21 Å². The maximum absolute atomic E-state index is 12.6. The van der Waals surface area contributed by atoms with E-state index in [4.69, 9.17) is 9.47 Å². The van der Waals surface area contributed by atoms with Crippen LogP contribution in [-0.4, -0.2) is 57.6 Å². The lowest BCUT2D eigenvalue weighted by Crippen LogP contribution is -2.40. The molecule has 0 spiro atoms. The van der Waals surface area contributed by atoms with Crippen LogP contribution in [0.25, 0.3) is 0 Å². The van der Waals surface area contributed by atoms with E-state index in [9.17, 15) is 13.2 Å². The molecule has 28 heavy (non-hydrogen) atoms. The maximum atomic E-state index is 12.6. The molecule has 0 saturated heterocycles. The molecule has 0 aliphatic rings. The first kappa shape index (κ1) is 21.7. The van der Waals surface area contributed by atoms with Crippen LogP contribution in [0.4, 0.5) is 0 Å². The van der Waals surface area contributed by atoms with Gasteiger partial charge in [-0.25, -0.2) is 8.42 Å². The normalized spacial score (nSPS) is 11.3. The summed E-state index contributed by atoms with van der Waals surface area (Å²) in [7, 11) is 1.21. The highest BCUT2D eigenvalue weighted by molar-refractivity contribution is 7.88. The summed E-state index contributed by atoms with van der Waals surface area (Å²) in [5, 5.41) is 0. The number of carbonyl (C=O) groups is 1. The summed E-state index contributed by atoms with van der Waals surface area (Å²) in [6, 6.07) is 14.6. The standard InChI is InChI=1S/C20H26N2O5S/c1-21(13-17-10-11-18(26-2)19(12-17)27-3)20(23)15-22(28(4,24)25)14-16-8-6-5-7-9-16/h5-12H,13-15H2,1-4H3. The van der Waals surface area contributed by atoms with Crippen molar-refractivity contribution in [3.8, 4) is 11.5 Å². The number of sulfonamides is 1. The molecule has 0 heterocycles. The second-order valence-corrected chi connectivity index (χ2v) is 8.44. The Labute approximate surface area is 166 Å². The van der Waals surface area contributed by atoms with Gasteiger partial charge in [0.2, 0.25) is 15.9 Å². The Kier molecular flexibility index (Phi) is 7.42. The summed E-state index contributed by atoms with van der Waals surface area (Å²) in [5.74, 6) is 0.880. The smallest absolute Gasteiger partial charge is 0.237 e. The van der Waals surface area contributed by atoms with Crippen molar-refractivity contribution in [1.82, 2.24) is 9.21 Å². The molecule has 0 aliphatic heterocycles. The van der Waals surface area contributed by atoms with E-state index in [1.54, 1.807) is 33.4 Å². The van der Waals surface area contributed by atoms with Gasteiger partial charge < -0.3 is 14.4 Å². The minimum Gasteiger partial charge on any atom is -0.493 e. The molecule has 7 nitrogen and oxygen atoms in total. The third kappa shape index (κ3) is 5.97. The lowest BCUT2D eigenvalue weighted by molar-refractivity contribution is -0.130. The van der Waals surface area contributed by atoms with Gasteiger partial charge in [-0.2, -0.15) is 4.31 Å². The van der Waals surface area contributed by atoms with E-state index in [1.807, 2.05) is 36.4 Å². The first-order chi connectivity index (χ1) is 13.2. The summed E-state index contributed by atoms with van der Waals surface area (Å²) in [6.45, 7) is 0.245. The third-order valence-electron chi connectivity index (χ3n) is 4.28. The van der Waals surface area contributed by atoms with Crippen molar-refractivity contribution in [3.05, 3.63) is 59.7 Å². The fourth-order valence-corrected chi connectivity index (χ4v) is 3.42. The summed E-state index contributed by atoms with van der Waals surface area (Å²) in [4.78, 5) is 14.1. The fourth-order valence-electron chi connectivity index (χ4n) is 2.69. The van der Waals surface area contributed by atoms with Crippen molar-refractivity contribution in [2.75, 3.05) is 34.1 Å². The molecule has 0 aliphatic carbocycles. The molecule has 0 radical (unpaired) electrons. The highest BCUT2D eigenvalue weighted by Crippen LogP contribution is 2.28. The number of rotatable bonds is 9. The average molecular weight is 407 g/mol. The molecule has 0 N–H and O–H groups in total. The van der Waals surface area contributed by atoms with E-state index >= 15 is 0 Å². The van der Waals surface area contributed by atoms with Crippen LogP contribution in [0.2, 0.25) is 0 Å². The zero-order chi connectivity index (χ0) is 20.7. The number of amides is 1. The van der Waals surface area contributed by atoms with Crippen molar-refractivity contribution < 1.29 is 22.7 Å². The minimum atomic E-state index is -3.53. The van der Waals surface area contributed by atoms with Crippen LogP contribution in [0.3, 0.4) is 0 Å². The van der Waals surface area contributed by atoms with Gasteiger partial charge in [-0.3, -0.25) is 4.79 Å². The number of carbonyl (C=O) groups excluding carboxylic acids is 1. The molecule has 0 bridgehead atoms. The Balaban J connectivity index is 2.08. The predicted octanol–water partition coefficient (Wildman–Crippen LogP) is 2.12. The van der Waals surface area contributed by atoms with E-state index < -0.39 is 10.0 Å². The van der Waals surface area contributed by atoms with E-state index in [-0.39, 0.29) is 19.0 Å². The molecule has 2 aromatic carbocycles. The zero-order valence-corrected chi connectivity index (χ0v) is 17.4. The van der Waals surface area contributed by atoms with Crippen LogP contribution in [0.15, 0.2) is 48.5 Å². The first-order valence-corrected chi connectivity index (χ1v) is 10.5. The number of hydrogen-bond acceptors (Lipinski definition) is 5. The second kappa shape index (κ2) is 9.57. The van der Waals surface area contributed by atoms with Gasteiger partial charge in [0, 0.05) is 20.1 Å². The molecule has 152 valence electrons. The van der Waals surface area contributed by atoms with Crippen LogP contribution in [0, 0.1) is 0 Å². The second-order valence-electron chi connectivity index (χ2n) is 6.46. The van der Waals surface area contributed by atoms with E-state index in [2.05, 4.69) is 0 Å². The van der Waals surface area contributed by atoms with Gasteiger partial charge in [0.05, 0.1) is 27.0 Å². The number of ether oxygens (including phenoxy) is 2. The minimum absolute atomic E-state index is 0.148. The molecule has 0 atom stereocenters. The predicted molar refractivity (Wildman–Crippen MR) is 108 cm³/mol. The van der Waals surface area contributed by atoms with Crippen LogP contribution in [-0.2, 0) is 27.9 Å². The van der Waals surface area contributed by atoms with Crippen molar-refractivity contribution >= 4 is 15.9 Å². The van der Waals surface area contributed by atoms with E-state index in [0.717, 1.165) is 17.4 Å². The van der Waals surface area contributed by atoms with Crippen LogP contribution < -0.4 is 9.47 Å². The van der Waals surface area contributed by atoms with Crippen molar-refractivity contribution in [1.29, 1.82) is 0 Å². The average Bonchev–Trinajstić information content (AvgIpc) is 2.67. The van der Waals surface area contributed by atoms with Gasteiger partial charge in [-0.05, 0) is 23.3 Å². The highest BCUT2D eigenvalue weighted by atomic mass is 32.2. The van der Waals surface area contributed by atoms with E-state index in [0.29, 0.717) is 18.0 Å². The van der Waals surface area contributed by atoms with Crippen molar-refractivity contribution in [2.45, 2.75) is 13.1 Å². The quantitative estimate of drug-likeness (QED) is 0.638. The number of methoxy groups -OCH3 is 2. The molecule has 2 rings (SSSR count). The van der Waals surface area contributed by atoms with Crippen molar-refractivity contribution in [3.63, 3.8) is 0 Å². The van der Waals surface area contributed by atoms with Crippen LogP contribution >= 0.6 is 0 Å². The van der Waals surface area contributed by atoms with Crippen LogP contribution in [0.5, 0.6) is 11.5 Å². The largest absolute Gasteiger partial charge is 0.493 e. The monoisotopic (exact) mass is 406 g/mol. The molecular formula is C20H26N2O5S. The van der Waals surface area contributed by atoms with Gasteiger partial charge >= 0.3 is 0 Å². The molecule has 0 saturated carbocycles. The molecule has 1 amide bonds. The Morgan fingerprint density at radius 2 is 1.57 bits per heavy atom. The zero-order valence-electron chi connectivity index (χ0n) is 16.6. The SMILES string of the molecule is COc1ccc(CN(C)C(=O)CN(Cc2ccccc2)S(C)(=O)=O)cc1OC. The Morgan fingerprint density at radius 1 is 0.929 bits per heavy atom. The summed E-state index contributed by atoms with van der Waals surface area (Å²) in [6.07, 6.45) is 1.11. The fraction of sp³-hybridized carbons (Fsp3) is 0.350. The summed E-state index contributed by atoms with van der Waals surface area (Å²) >= 11 is 0. The first-order valence-electron chi connectivity index (χ1n) is 8.68. The van der Waals surface area contributed by atoms with Gasteiger partial charge in [-0.15, -0.1) is 0 Å². The molecule has 0 aromatic heterocycles. The maximum Gasteiger partial charge on any atom is 0.237 e. The number of likely N-dealkylation sites (N-methyl/N-ethyl adjacent to an activating group) is 1. The molecular weight excluding hydrogens is 380 g/mol. The van der Waals surface area contributed by atoms with Crippen LogP contribution in [0.1, 0.15) is 11.1 Å². The molecule has 8 heteroatoms. The number of benzene rings is 2. The van der Waals surface area contributed by atoms with Crippen molar-refractivity contribution in [2.24, 2.45) is 0 Å². The topological polar surface area (TPSA) is 76.2 Å².